The van der Waals surface area contributed by atoms with Crippen molar-refractivity contribution < 1.29 is 5.11 Å². The first-order valence-electron chi connectivity index (χ1n) is 4.92. The molecule has 0 aliphatic carbocycles. The van der Waals surface area contributed by atoms with E-state index in [0.717, 1.165) is 18.4 Å². The molecule has 0 unspecified atom stereocenters. The van der Waals surface area contributed by atoms with Gasteiger partial charge in [-0.15, -0.1) is 0 Å². The molecule has 71 valence electrons. The van der Waals surface area contributed by atoms with Crippen molar-refractivity contribution in [1.29, 1.82) is 0 Å². The van der Waals surface area contributed by atoms with Gasteiger partial charge in [-0.3, -0.25) is 5.11 Å². The molecule has 0 atom stereocenters. The number of hydrogen-bond donors (Lipinski definition) is 0. The van der Waals surface area contributed by atoms with Crippen LogP contribution in [-0.4, -0.2) is 0 Å². The Morgan fingerprint density at radius 3 is 2.54 bits per heavy atom. The summed E-state index contributed by atoms with van der Waals surface area (Å²) in [7, 11) is 0. The molecule has 0 amide bonds. The van der Waals surface area contributed by atoms with Crippen molar-refractivity contribution in [3.63, 3.8) is 0 Å². The van der Waals surface area contributed by atoms with Crippen molar-refractivity contribution in [1.82, 2.24) is 0 Å². The van der Waals surface area contributed by atoms with E-state index in [2.05, 4.69) is 13.8 Å². The summed E-state index contributed by atoms with van der Waals surface area (Å²) in [4.78, 5) is 0. The summed E-state index contributed by atoms with van der Waals surface area (Å²) in [5, 5.41) is 11.3. The summed E-state index contributed by atoms with van der Waals surface area (Å²) < 4.78 is 0. The van der Waals surface area contributed by atoms with Crippen LogP contribution in [0.5, 0.6) is 5.75 Å². The minimum Gasteiger partial charge on any atom is -0.290 e. The monoisotopic (exact) mass is 177 g/mol. The van der Waals surface area contributed by atoms with Gasteiger partial charge in [-0.05, 0) is 36.0 Å². The van der Waals surface area contributed by atoms with Gasteiger partial charge in [0, 0.05) is 0 Å². The second kappa shape index (κ2) is 4.31. The fraction of sp³-hybridized carbons (Fsp3) is 0.500. The lowest BCUT2D eigenvalue weighted by atomic mass is 10.00. The van der Waals surface area contributed by atoms with Crippen LogP contribution in [0, 0.1) is 5.92 Å². The molecular formula is C12H17O. The lowest BCUT2D eigenvalue weighted by Crippen LogP contribution is -1.94. The number of rotatable bonds is 3. The Kier molecular flexibility index (Phi) is 3.35. The fourth-order valence-corrected chi connectivity index (χ4v) is 1.51. The van der Waals surface area contributed by atoms with Gasteiger partial charge in [0.15, 0.2) is 5.75 Å². The third-order valence-corrected chi connectivity index (χ3v) is 2.15. The fourth-order valence-electron chi connectivity index (χ4n) is 1.51. The molecule has 0 aliphatic heterocycles. The van der Waals surface area contributed by atoms with Crippen LogP contribution >= 0.6 is 0 Å². The summed E-state index contributed by atoms with van der Waals surface area (Å²) in [5.74, 6) is 0.831. The van der Waals surface area contributed by atoms with Crippen LogP contribution in [0.2, 0.25) is 0 Å². The highest BCUT2D eigenvalue weighted by molar-refractivity contribution is 5.36. The Morgan fingerprint density at radius 2 is 2.00 bits per heavy atom. The molecule has 0 bridgehead atoms. The Morgan fingerprint density at radius 1 is 1.31 bits per heavy atom. The van der Waals surface area contributed by atoms with Crippen molar-refractivity contribution in [3.8, 4) is 5.75 Å². The van der Waals surface area contributed by atoms with Gasteiger partial charge in [0.05, 0.1) is 0 Å². The average molecular weight is 177 g/mol. The Hall–Kier alpha value is -0.980. The molecule has 0 aliphatic rings. The Bertz CT molecular complexity index is 276. The van der Waals surface area contributed by atoms with Crippen molar-refractivity contribution in [2.24, 2.45) is 5.92 Å². The molecule has 0 saturated carbocycles. The first-order chi connectivity index (χ1) is 6.13. The molecule has 0 N–H and O–H groups in total. The normalized spacial score (nSPS) is 10.8. The first kappa shape index (κ1) is 10.1. The minimum atomic E-state index is 0.176. The Labute approximate surface area is 80.4 Å². The van der Waals surface area contributed by atoms with Gasteiger partial charge in [0.2, 0.25) is 0 Å². The van der Waals surface area contributed by atoms with Gasteiger partial charge in [0.25, 0.3) is 0 Å². The first-order valence-corrected chi connectivity index (χ1v) is 4.92. The largest absolute Gasteiger partial charge is 0.290 e. The Balaban J connectivity index is 2.86. The summed E-state index contributed by atoms with van der Waals surface area (Å²) in [6.45, 7) is 6.41. The topological polar surface area (TPSA) is 19.9 Å². The predicted octanol–water partition coefficient (Wildman–Crippen LogP) is 3.59. The molecule has 0 aromatic heterocycles. The lowest BCUT2D eigenvalue weighted by Gasteiger charge is -2.06. The molecule has 0 spiro atoms. The van der Waals surface area contributed by atoms with E-state index in [4.69, 9.17) is 0 Å². The summed E-state index contributed by atoms with van der Waals surface area (Å²) in [6.07, 6.45) is 1.90. The molecule has 13 heavy (non-hydrogen) atoms. The van der Waals surface area contributed by atoms with Gasteiger partial charge < -0.3 is 0 Å². The van der Waals surface area contributed by atoms with E-state index in [0.29, 0.717) is 5.92 Å². The van der Waals surface area contributed by atoms with Crippen LogP contribution < -0.4 is 0 Å². The molecule has 1 heteroatoms. The second-order valence-corrected chi connectivity index (χ2v) is 3.89. The number of hydrogen-bond acceptors (Lipinski definition) is 0. The molecule has 1 rings (SSSR count). The predicted molar refractivity (Wildman–Crippen MR) is 54.5 cm³/mol. The minimum absolute atomic E-state index is 0.176. The summed E-state index contributed by atoms with van der Waals surface area (Å²) in [5.41, 5.74) is 2.23. The van der Waals surface area contributed by atoms with Crippen molar-refractivity contribution >= 4 is 0 Å². The standard InChI is InChI=1S/C12H17O/c1-4-11-8-10(7-9(2)3)5-6-12(11)13/h5-6,8-9H,4,7H2,1-3H3. The van der Waals surface area contributed by atoms with Gasteiger partial charge in [-0.2, -0.15) is 0 Å². The third kappa shape index (κ3) is 2.76. The second-order valence-electron chi connectivity index (χ2n) is 3.89. The smallest absolute Gasteiger partial charge is 0.181 e. The van der Waals surface area contributed by atoms with E-state index in [1.54, 1.807) is 6.07 Å². The van der Waals surface area contributed by atoms with Crippen LogP contribution in [-0.2, 0) is 17.9 Å². The van der Waals surface area contributed by atoms with E-state index >= 15 is 0 Å². The molecule has 1 aromatic carbocycles. The lowest BCUT2D eigenvalue weighted by molar-refractivity contribution is 0.350. The SMILES string of the molecule is CCc1cc(CC(C)C)ccc1[O]. The van der Waals surface area contributed by atoms with E-state index < -0.39 is 0 Å². The van der Waals surface area contributed by atoms with E-state index in [9.17, 15) is 5.11 Å². The highest BCUT2D eigenvalue weighted by Crippen LogP contribution is 2.21. The molecule has 0 saturated heterocycles. The highest BCUT2D eigenvalue weighted by Gasteiger charge is 2.03. The average Bonchev–Trinajstić information content (AvgIpc) is 2.07. The molecule has 1 nitrogen and oxygen atoms in total. The van der Waals surface area contributed by atoms with Crippen molar-refractivity contribution in [2.45, 2.75) is 33.6 Å². The van der Waals surface area contributed by atoms with Crippen molar-refractivity contribution in [2.75, 3.05) is 0 Å². The van der Waals surface area contributed by atoms with Crippen LogP contribution in [0.3, 0.4) is 0 Å². The maximum Gasteiger partial charge on any atom is 0.181 e. The molecule has 0 fully saturated rings. The van der Waals surface area contributed by atoms with E-state index in [1.165, 1.54) is 5.56 Å². The molecule has 0 heterocycles. The maximum absolute atomic E-state index is 11.3. The van der Waals surface area contributed by atoms with Gasteiger partial charge >= 0.3 is 0 Å². The summed E-state index contributed by atoms with van der Waals surface area (Å²) in [6, 6.07) is 5.68. The quantitative estimate of drug-likeness (QED) is 0.672. The third-order valence-electron chi connectivity index (χ3n) is 2.15. The van der Waals surface area contributed by atoms with Gasteiger partial charge in [-0.1, -0.05) is 32.9 Å². The number of aryl methyl sites for hydroxylation is 1. The van der Waals surface area contributed by atoms with Crippen LogP contribution in [0.15, 0.2) is 18.2 Å². The molecule has 1 aromatic rings. The zero-order valence-corrected chi connectivity index (χ0v) is 8.63. The molecule has 1 radical (unpaired) electrons. The molecular weight excluding hydrogens is 160 g/mol. The zero-order chi connectivity index (χ0) is 9.84. The highest BCUT2D eigenvalue weighted by atomic mass is 16.3. The van der Waals surface area contributed by atoms with Crippen LogP contribution in [0.1, 0.15) is 31.9 Å². The summed E-state index contributed by atoms with van der Waals surface area (Å²) >= 11 is 0. The van der Waals surface area contributed by atoms with E-state index in [-0.39, 0.29) is 5.75 Å². The maximum atomic E-state index is 11.3. The number of benzene rings is 1. The van der Waals surface area contributed by atoms with Gasteiger partial charge in [0.1, 0.15) is 0 Å². The van der Waals surface area contributed by atoms with Crippen molar-refractivity contribution in [3.05, 3.63) is 29.3 Å². The zero-order valence-electron chi connectivity index (χ0n) is 8.63. The van der Waals surface area contributed by atoms with Gasteiger partial charge in [-0.25, -0.2) is 0 Å². The van der Waals surface area contributed by atoms with E-state index in [1.807, 2.05) is 19.1 Å². The van der Waals surface area contributed by atoms with Crippen LogP contribution in [0.25, 0.3) is 0 Å². The van der Waals surface area contributed by atoms with Crippen LogP contribution in [0.4, 0.5) is 0 Å².